The minimum atomic E-state index is -0.183. The highest BCUT2D eigenvalue weighted by Crippen LogP contribution is 2.33. The average molecular weight is 362 g/mol. The van der Waals surface area contributed by atoms with Gasteiger partial charge >= 0.3 is 6.03 Å². The van der Waals surface area contributed by atoms with Gasteiger partial charge in [-0.25, -0.2) is 4.79 Å². The van der Waals surface area contributed by atoms with E-state index in [1.54, 1.807) is 0 Å². The first-order valence-corrected chi connectivity index (χ1v) is 9.23. The van der Waals surface area contributed by atoms with Crippen LogP contribution in [0.25, 0.3) is 11.4 Å². The molecule has 0 radical (unpaired) electrons. The van der Waals surface area contributed by atoms with Crippen LogP contribution >= 0.6 is 0 Å². The van der Waals surface area contributed by atoms with Gasteiger partial charge in [-0.2, -0.15) is 4.98 Å². The zero-order valence-electron chi connectivity index (χ0n) is 15.5. The van der Waals surface area contributed by atoms with Gasteiger partial charge in [-0.1, -0.05) is 42.4 Å². The van der Waals surface area contributed by atoms with Gasteiger partial charge in [0.1, 0.15) is 0 Å². The molecule has 6 heteroatoms. The van der Waals surface area contributed by atoms with E-state index in [4.69, 9.17) is 4.52 Å². The number of carbonyl (C=O) groups excluding carboxylic acids is 1. The summed E-state index contributed by atoms with van der Waals surface area (Å²) in [6, 6.07) is 13.7. The molecule has 1 heterocycles. The maximum atomic E-state index is 12.4. The first-order chi connectivity index (χ1) is 13.1. The van der Waals surface area contributed by atoms with Gasteiger partial charge in [0.25, 0.3) is 0 Å². The summed E-state index contributed by atoms with van der Waals surface area (Å²) in [4.78, 5) is 16.8. The third-order valence-electron chi connectivity index (χ3n) is 4.95. The molecule has 2 amide bonds. The Hall–Kier alpha value is -3.15. The fraction of sp³-hybridized carbons (Fsp3) is 0.286. The van der Waals surface area contributed by atoms with Gasteiger partial charge in [0.15, 0.2) is 0 Å². The van der Waals surface area contributed by atoms with Gasteiger partial charge in [-0.3, -0.25) is 0 Å². The van der Waals surface area contributed by atoms with Crippen molar-refractivity contribution >= 4 is 11.7 Å². The Morgan fingerprint density at radius 2 is 2.11 bits per heavy atom. The van der Waals surface area contributed by atoms with Crippen molar-refractivity contribution in [3.05, 3.63) is 65.0 Å². The molecule has 0 spiro atoms. The molecule has 0 saturated carbocycles. The normalized spacial score (nSPS) is 15.4. The van der Waals surface area contributed by atoms with Crippen LogP contribution in [0.3, 0.4) is 0 Å². The largest absolute Gasteiger partial charge is 0.339 e. The zero-order valence-corrected chi connectivity index (χ0v) is 15.5. The molecule has 1 aliphatic rings. The maximum Gasteiger partial charge on any atom is 0.319 e. The average Bonchev–Trinajstić information content (AvgIpc) is 3.30. The van der Waals surface area contributed by atoms with Gasteiger partial charge < -0.3 is 15.2 Å². The Balaban J connectivity index is 1.47. The monoisotopic (exact) mass is 362 g/mol. The lowest BCUT2D eigenvalue weighted by Gasteiger charge is -2.16. The first kappa shape index (κ1) is 17.3. The lowest BCUT2D eigenvalue weighted by Crippen LogP contribution is -2.31. The number of urea groups is 1. The van der Waals surface area contributed by atoms with E-state index in [2.05, 4.69) is 32.9 Å². The van der Waals surface area contributed by atoms with Gasteiger partial charge in [0.05, 0.1) is 6.04 Å². The van der Waals surface area contributed by atoms with Crippen molar-refractivity contribution < 1.29 is 9.32 Å². The third-order valence-corrected chi connectivity index (χ3v) is 4.95. The highest BCUT2D eigenvalue weighted by Gasteiger charge is 2.25. The molecule has 6 nitrogen and oxygen atoms in total. The Labute approximate surface area is 158 Å². The van der Waals surface area contributed by atoms with Crippen LogP contribution in [0, 0.1) is 6.92 Å². The molecule has 2 aromatic carbocycles. The maximum absolute atomic E-state index is 12.4. The van der Waals surface area contributed by atoms with Crippen LogP contribution in [0.1, 0.15) is 42.0 Å². The fourth-order valence-corrected chi connectivity index (χ4v) is 3.45. The van der Waals surface area contributed by atoms with E-state index in [1.165, 1.54) is 5.56 Å². The van der Waals surface area contributed by atoms with Crippen LogP contribution in [0.15, 0.2) is 47.0 Å². The number of para-hydroxylation sites is 1. The summed E-state index contributed by atoms with van der Waals surface area (Å²) in [5.41, 5.74) is 5.18. The predicted molar refractivity (Wildman–Crippen MR) is 104 cm³/mol. The molecule has 3 aromatic rings. The second-order valence-electron chi connectivity index (χ2n) is 6.78. The molecule has 0 unspecified atom stereocenters. The van der Waals surface area contributed by atoms with Gasteiger partial charge in [0.2, 0.25) is 11.7 Å². The molecule has 0 aliphatic heterocycles. The van der Waals surface area contributed by atoms with E-state index < -0.39 is 0 Å². The summed E-state index contributed by atoms with van der Waals surface area (Å²) in [7, 11) is 0. The van der Waals surface area contributed by atoms with Crippen molar-refractivity contribution in [3.63, 3.8) is 0 Å². The quantitative estimate of drug-likeness (QED) is 0.720. The summed E-state index contributed by atoms with van der Waals surface area (Å²) in [5, 5.41) is 10.1. The molecule has 0 saturated heterocycles. The van der Waals surface area contributed by atoms with Crippen molar-refractivity contribution in [2.45, 2.75) is 39.2 Å². The van der Waals surface area contributed by atoms with Crippen LogP contribution < -0.4 is 10.6 Å². The number of anilines is 1. The topological polar surface area (TPSA) is 80.0 Å². The van der Waals surface area contributed by atoms with E-state index >= 15 is 0 Å². The minimum absolute atomic E-state index is 0.00883. The molecular weight excluding hydrogens is 340 g/mol. The summed E-state index contributed by atoms with van der Waals surface area (Å²) in [6.07, 6.45) is 2.52. The summed E-state index contributed by atoms with van der Waals surface area (Å²) in [5.74, 6) is 1.25. The molecule has 0 fully saturated rings. The molecule has 27 heavy (non-hydrogen) atoms. The second kappa shape index (κ2) is 7.23. The summed E-state index contributed by atoms with van der Waals surface area (Å²) < 4.78 is 5.20. The Bertz CT molecular complexity index is 980. The fourth-order valence-electron chi connectivity index (χ4n) is 3.45. The first-order valence-electron chi connectivity index (χ1n) is 9.23. The molecule has 2 N–H and O–H groups in total. The third kappa shape index (κ3) is 3.56. The van der Waals surface area contributed by atoms with Gasteiger partial charge in [-0.15, -0.1) is 0 Å². The van der Waals surface area contributed by atoms with Crippen LogP contribution in [0.2, 0.25) is 0 Å². The second-order valence-corrected chi connectivity index (χ2v) is 6.78. The SMILES string of the molecule is CCc1nc(-c2ccc3c(c2)CC[C@H]3NC(=O)Nc2ccccc2C)no1. The summed E-state index contributed by atoms with van der Waals surface area (Å²) >= 11 is 0. The number of aryl methyl sites for hydroxylation is 3. The smallest absolute Gasteiger partial charge is 0.319 e. The van der Waals surface area contributed by atoms with Crippen molar-refractivity contribution in [2.75, 3.05) is 5.32 Å². The van der Waals surface area contributed by atoms with E-state index in [-0.39, 0.29) is 12.1 Å². The number of hydrogen-bond acceptors (Lipinski definition) is 4. The highest BCUT2D eigenvalue weighted by atomic mass is 16.5. The predicted octanol–water partition coefficient (Wildman–Crippen LogP) is 4.42. The van der Waals surface area contributed by atoms with E-state index in [0.717, 1.165) is 41.6 Å². The number of amides is 2. The van der Waals surface area contributed by atoms with E-state index in [0.29, 0.717) is 11.7 Å². The number of benzene rings is 2. The van der Waals surface area contributed by atoms with Crippen molar-refractivity contribution in [3.8, 4) is 11.4 Å². The molecule has 138 valence electrons. The Morgan fingerprint density at radius 1 is 1.26 bits per heavy atom. The molecule has 1 aliphatic carbocycles. The van der Waals surface area contributed by atoms with Crippen molar-refractivity contribution in [1.29, 1.82) is 0 Å². The van der Waals surface area contributed by atoms with Gasteiger partial charge in [0, 0.05) is 17.7 Å². The molecule has 1 atom stereocenters. The molecular formula is C21H22N4O2. The zero-order chi connectivity index (χ0) is 18.8. The molecule has 4 rings (SSSR count). The van der Waals surface area contributed by atoms with Crippen molar-refractivity contribution in [1.82, 2.24) is 15.5 Å². The van der Waals surface area contributed by atoms with Crippen LogP contribution in [-0.2, 0) is 12.8 Å². The lowest BCUT2D eigenvalue weighted by atomic mass is 10.0. The van der Waals surface area contributed by atoms with Crippen LogP contribution in [0.4, 0.5) is 10.5 Å². The number of nitrogens with one attached hydrogen (secondary N) is 2. The highest BCUT2D eigenvalue weighted by molar-refractivity contribution is 5.90. The van der Waals surface area contributed by atoms with Crippen molar-refractivity contribution in [2.24, 2.45) is 0 Å². The number of nitrogens with zero attached hydrogens (tertiary/aromatic N) is 2. The Kier molecular flexibility index (Phi) is 4.62. The van der Waals surface area contributed by atoms with E-state index in [9.17, 15) is 4.79 Å². The number of rotatable bonds is 4. The number of fused-ring (bicyclic) bond motifs is 1. The summed E-state index contributed by atoms with van der Waals surface area (Å²) in [6.45, 7) is 3.96. The van der Waals surface area contributed by atoms with Crippen LogP contribution in [-0.4, -0.2) is 16.2 Å². The number of aromatic nitrogens is 2. The standard InChI is InChI=1S/C21H22N4O2/c1-3-19-24-20(25-27-19)15-8-10-16-14(12-15)9-11-18(16)23-21(26)22-17-7-5-4-6-13(17)2/h4-8,10,12,18H,3,9,11H2,1-2H3,(H2,22,23,26)/t18-/m1/s1. The van der Waals surface area contributed by atoms with E-state index in [1.807, 2.05) is 44.2 Å². The van der Waals surface area contributed by atoms with Gasteiger partial charge in [-0.05, 0) is 48.6 Å². The van der Waals surface area contributed by atoms with Crippen LogP contribution in [0.5, 0.6) is 0 Å². The molecule has 0 bridgehead atoms. The number of hydrogen-bond donors (Lipinski definition) is 2. The Morgan fingerprint density at radius 3 is 2.89 bits per heavy atom. The minimum Gasteiger partial charge on any atom is -0.339 e. The molecule has 1 aromatic heterocycles. The number of carbonyl (C=O) groups is 1. The lowest BCUT2D eigenvalue weighted by molar-refractivity contribution is 0.248.